The molecule has 0 bridgehead atoms. The molecule has 1 heterocycles. The lowest BCUT2D eigenvalue weighted by Crippen LogP contribution is -2.03. The van der Waals surface area contributed by atoms with E-state index in [2.05, 4.69) is 20.9 Å². The van der Waals surface area contributed by atoms with Gasteiger partial charge in [0, 0.05) is 6.20 Å². The molecule has 0 radical (unpaired) electrons. The summed E-state index contributed by atoms with van der Waals surface area (Å²) in [5.41, 5.74) is 1.96. The topological polar surface area (TPSA) is 12.9 Å². The average Bonchev–Trinajstić information content (AvgIpc) is 2.40. The highest BCUT2D eigenvalue weighted by atomic mass is 79.9. The molecule has 20 heavy (non-hydrogen) atoms. The predicted molar refractivity (Wildman–Crippen MR) is 77.0 cm³/mol. The lowest BCUT2D eigenvalue weighted by molar-refractivity contribution is -0.137. The van der Waals surface area contributed by atoms with Gasteiger partial charge < -0.3 is 0 Å². The molecule has 0 fully saturated rings. The van der Waals surface area contributed by atoms with Crippen molar-refractivity contribution in [3.05, 3.63) is 63.4 Å². The normalized spacial score (nSPS) is 12.1. The Labute approximate surface area is 123 Å². The van der Waals surface area contributed by atoms with E-state index in [4.69, 9.17) is 0 Å². The Morgan fingerprint density at radius 1 is 1.05 bits per heavy atom. The molecule has 0 aliphatic heterocycles. The minimum Gasteiger partial charge on any atom is -0.248 e. The second-order valence-corrected chi connectivity index (χ2v) is 5.08. The van der Waals surface area contributed by atoms with Crippen LogP contribution in [0.2, 0.25) is 0 Å². The number of nitrogens with zero attached hydrogens (tertiary/aromatic N) is 1. The lowest BCUT2D eigenvalue weighted by Gasteiger charge is -2.05. The third-order valence-corrected chi connectivity index (χ3v) is 3.57. The molecule has 104 valence electrons. The van der Waals surface area contributed by atoms with Gasteiger partial charge in [0.2, 0.25) is 0 Å². The summed E-state index contributed by atoms with van der Waals surface area (Å²) < 4.78 is 38.0. The van der Waals surface area contributed by atoms with Crippen molar-refractivity contribution in [2.75, 3.05) is 0 Å². The second-order valence-electron chi connectivity index (χ2n) is 4.33. The molecule has 0 saturated carbocycles. The van der Waals surface area contributed by atoms with E-state index >= 15 is 0 Å². The molecule has 0 aliphatic rings. The van der Waals surface area contributed by atoms with E-state index in [1.54, 1.807) is 12.3 Å². The van der Waals surface area contributed by atoms with Crippen molar-refractivity contribution in [1.29, 1.82) is 0 Å². The predicted octanol–water partition coefficient (Wildman–Crippen LogP) is 5.34. The molecule has 0 N–H and O–H groups in total. The van der Waals surface area contributed by atoms with Crippen molar-refractivity contribution < 1.29 is 13.2 Å². The minimum atomic E-state index is -4.30. The van der Waals surface area contributed by atoms with Crippen LogP contribution in [0.1, 0.15) is 22.3 Å². The van der Waals surface area contributed by atoms with Crippen LogP contribution in [0.5, 0.6) is 0 Å². The minimum absolute atomic E-state index is 0.643. The lowest BCUT2D eigenvalue weighted by atomic mass is 10.1. The SMILES string of the molecule is Cc1cc(/C=C/c2ccc(C(F)(F)F)cc2)cnc1Br. The molecule has 5 heteroatoms. The maximum Gasteiger partial charge on any atom is 0.416 e. The summed E-state index contributed by atoms with van der Waals surface area (Å²) in [6.07, 6.45) is 0.964. The van der Waals surface area contributed by atoms with Crippen molar-refractivity contribution in [2.24, 2.45) is 0 Å². The highest BCUT2D eigenvalue weighted by Crippen LogP contribution is 2.29. The molecule has 2 aromatic rings. The van der Waals surface area contributed by atoms with Crippen LogP contribution in [0, 0.1) is 6.92 Å². The van der Waals surface area contributed by atoms with Gasteiger partial charge in [0.1, 0.15) is 4.60 Å². The number of benzene rings is 1. The van der Waals surface area contributed by atoms with Gasteiger partial charge in [-0.15, -0.1) is 0 Å². The Bertz CT molecular complexity index is 631. The zero-order valence-electron chi connectivity index (χ0n) is 10.6. The van der Waals surface area contributed by atoms with E-state index in [1.807, 2.05) is 19.1 Å². The van der Waals surface area contributed by atoms with Gasteiger partial charge >= 0.3 is 6.18 Å². The number of halogens is 4. The van der Waals surface area contributed by atoms with E-state index in [-0.39, 0.29) is 0 Å². The van der Waals surface area contributed by atoms with Gasteiger partial charge in [0.25, 0.3) is 0 Å². The Hall–Kier alpha value is -1.62. The zero-order valence-corrected chi connectivity index (χ0v) is 12.2. The van der Waals surface area contributed by atoms with Gasteiger partial charge in [-0.1, -0.05) is 24.3 Å². The van der Waals surface area contributed by atoms with Crippen molar-refractivity contribution in [1.82, 2.24) is 4.98 Å². The Morgan fingerprint density at radius 3 is 2.20 bits per heavy atom. The van der Waals surface area contributed by atoms with Gasteiger partial charge in [-0.25, -0.2) is 4.98 Å². The van der Waals surface area contributed by atoms with Crippen molar-refractivity contribution in [2.45, 2.75) is 13.1 Å². The van der Waals surface area contributed by atoms with Crippen LogP contribution in [0.25, 0.3) is 12.2 Å². The fourth-order valence-electron chi connectivity index (χ4n) is 1.65. The number of rotatable bonds is 2. The van der Waals surface area contributed by atoms with Crippen molar-refractivity contribution >= 4 is 28.1 Å². The molecule has 0 spiro atoms. The van der Waals surface area contributed by atoms with E-state index < -0.39 is 11.7 Å². The quantitative estimate of drug-likeness (QED) is 0.671. The summed E-state index contributed by atoms with van der Waals surface area (Å²) in [5.74, 6) is 0. The number of alkyl halides is 3. The fourth-order valence-corrected chi connectivity index (χ4v) is 1.86. The number of aryl methyl sites for hydroxylation is 1. The number of pyridine rings is 1. The molecule has 0 unspecified atom stereocenters. The fraction of sp³-hybridized carbons (Fsp3) is 0.133. The molecular weight excluding hydrogens is 331 g/mol. The van der Waals surface area contributed by atoms with Crippen molar-refractivity contribution in [3.8, 4) is 0 Å². The number of hydrogen-bond acceptors (Lipinski definition) is 1. The number of hydrogen-bond donors (Lipinski definition) is 0. The Balaban J connectivity index is 2.17. The van der Waals surface area contributed by atoms with Gasteiger partial charge in [-0.2, -0.15) is 13.2 Å². The van der Waals surface area contributed by atoms with E-state index in [1.165, 1.54) is 12.1 Å². The van der Waals surface area contributed by atoms with Crippen LogP contribution in [-0.2, 0) is 6.18 Å². The summed E-state index contributed by atoms with van der Waals surface area (Å²) in [7, 11) is 0. The molecule has 0 aliphatic carbocycles. The maximum atomic E-state index is 12.4. The van der Waals surface area contributed by atoms with Gasteiger partial charge in [-0.3, -0.25) is 0 Å². The highest BCUT2D eigenvalue weighted by Gasteiger charge is 2.29. The van der Waals surface area contributed by atoms with Gasteiger partial charge in [-0.05, 0) is 57.7 Å². The van der Waals surface area contributed by atoms with E-state index in [0.29, 0.717) is 5.56 Å². The van der Waals surface area contributed by atoms with Crippen LogP contribution >= 0.6 is 15.9 Å². The van der Waals surface area contributed by atoms with Crippen LogP contribution in [0.3, 0.4) is 0 Å². The molecule has 1 aromatic carbocycles. The van der Waals surface area contributed by atoms with Crippen LogP contribution in [0.15, 0.2) is 41.1 Å². The second kappa shape index (κ2) is 5.79. The highest BCUT2D eigenvalue weighted by molar-refractivity contribution is 9.10. The first kappa shape index (κ1) is 14.8. The molecule has 0 atom stereocenters. The monoisotopic (exact) mass is 341 g/mol. The molecule has 1 aromatic heterocycles. The number of aromatic nitrogens is 1. The summed E-state index contributed by atoms with van der Waals surface area (Å²) in [6.45, 7) is 1.92. The average molecular weight is 342 g/mol. The first-order chi connectivity index (χ1) is 9.36. The summed E-state index contributed by atoms with van der Waals surface area (Å²) in [4.78, 5) is 4.15. The van der Waals surface area contributed by atoms with Crippen LogP contribution in [-0.4, -0.2) is 4.98 Å². The molecule has 0 saturated heterocycles. The Kier molecular flexibility index (Phi) is 4.28. The third kappa shape index (κ3) is 3.70. The molecule has 0 amide bonds. The molecule has 2 rings (SSSR count). The first-order valence-corrected chi connectivity index (χ1v) is 6.63. The molecular formula is C15H11BrF3N. The van der Waals surface area contributed by atoms with Crippen LogP contribution < -0.4 is 0 Å². The first-order valence-electron chi connectivity index (χ1n) is 5.84. The third-order valence-electron chi connectivity index (χ3n) is 2.74. The zero-order chi connectivity index (χ0) is 14.8. The smallest absolute Gasteiger partial charge is 0.248 e. The summed E-state index contributed by atoms with van der Waals surface area (Å²) >= 11 is 3.31. The standard InChI is InChI=1S/C15H11BrF3N/c1-10-8-12(9-20-14(10)16)3-2-11-4-6-13(7-5-11)15(17,18)19/h2-9H,1H3/b3-2+. The summed E-state index contributed by atoms with van der Waals surface area (Å²) in [6, 6.07) is 6.98. The van der Waals surface area contributed by atoms with Gasteiger partial charge in [0.05, 0.1) is 5.56 Å². The van der Waals surface area contributed by atoms with Crippen molar-refractivity contribution in [3.63, 3.8) is 0 Å². The van der Waals surface area contributed by atoms with E-state index in [9.17, 15) is 13.2 Å². The van der Waals surface area contributed by atoms with Crippen LogP contribution in [0.4, 0.5) is 13.2 Å². The van der Waals surface area contributed by atoms with Gasteiger partial charge in [0.15, 0.2) is 0 Å². The summed E-state index contributed by atoms with van der Waals surface area (Å²) in [5, 5.41) is 0. The van der Waals surface area contributed by atoms with E-state index in [0.717, 1.165) is 27.9 Å². The maximum absolute atomic E-state index is 12.4. The Morgan fingerprint density at radius 2 is 1.65 bits per heavy atom. The largest absolute Gasteiger partial charge is 0.416 e. The molecule has 1 nitrogen and oxygen atoms in total.